The number of piperidine rings is 4. The lowest BCUT2D eigenvalue weighted by atomic mass is 9.88. The van der Waals surface area contributed by atoms with Crippen molar-refractivity contribution >= 4 is 47.9 Å². The van der Waals surface area contributed by atoms with Crippen LogP contribution in [0.25, 0.3) is 24.3 Å². The van der Waals surface area contributed by atoms with Gasteiger partial charge in [0.2, 0.25) is 23.6 Å². The molecule has 9 rings (SSSR count). The summed E-state index contributed by atoms with van der Waals surface area (Å²) in [5, 5.41) is 0. The number of hydrogen-bond acceptors (Lipinski definition) is 8. The van der Waals surface area contributed by atoms with E-state index >= 15 is 0 Å². The molecule has 12 heteroatoms. The highest BCUT2D eigenvalue weighted by molar-refractivity contribution is 5.94. The lowest BCUT2D eigenvalue weighted by Crippen LogP contribution is -2.34. The molecule has 0 unspecified atom stereocenters. The second-order valence-corrected chi connectivity index (χ2v) is 25.1. The van der Waals surface area contributed by atoms with Crippen molar-refractivity contribution in [2.75, 3.05) is 78.8 Å². The predicted molar refractivity (Wildman–Crippen MR) is 356 cm³/mol. The highest BCUT2D eigenvalue weighted by Gasteiger charge is 2.26. The Hall–Kier alpha value is -7.08. The molecule has 4 heterocycles. The van der Waals surface area contributed by atoms with Crippen molar-refractivity contribution in [2.24, 2.45) is 0 Å². The SMILES string of the molecule is CCCCOc1c2cc(/C=C/C(=O)N3CCCCC3)cc1Cc1cc(/C=C/C(=O)N3CCCCC3)cc(c1OCCCC)Cc1cc(/C=C/C(=O)N3CCCCC3)cc(c1OCCCC)Cc1cc(/C=C/C(=O)N3CCCCC3)cc(c1OCCCC)C2. The summed E-state index contributed by atoms with van der Waals surface area (Å²) in [6.45, 7) is 16.8. The fraction of sp³-hybridized carbons (Fsp3) is 0.526. The van der Waals surface area contributed by atoms with E-state index in [0.29, 0.717) is 52.1 Å². The van der Waals surface area contributed by atoms with Gasteiger partial charge in [-0.3, -0.25) is 19.2 Å². The van der Waals surface area contributed by atoms with Crippen LogP contribution in [0.4, 0.5) is 0 Å². The van der Waals surface area contributed by atoms with Gasteiger partial charge in [0.25, 0.3) is 0 Å². The maximum Gasteiger partial charge on any atom is 0.246 e. The molecule has 4 aromatic rings. The Labute approximate surface area is 526 Å². The number of likely N-dealkylation sites (tertiary alicyclic amines) is 4. The first-order valence-corrected chi connectivity index (χ1v) is 34.1. The molecular weight excluding hydrogens is 1100 g/mol. The van der Waals surface area contributed by atoms with E-state index in [1.807, 2.05) is 43.9 Å². The smallest absolute Gasteiger partial charge is 0.246 e. The molecule has 4 saturated heterocycles. The molecule has 1 aliphatic carbocycles. The van der Waals surface area contributed by atoms with E-state index in [0.717, 1.165) is 271 Å². The molecule has 0 radical (unpaired) electrons. The van der Waals surface area contributed by atoms with E-state index in [9.17, 15) is 19.2 Å². The van der Waals surface area contributed by atoms with Crippen LogP contribution in [0, 0.1) is 0 Å². The van der Waals surface area contributed by atoms with E-state index in [1.165, 1.54) is 0 Å². The van der Waals surface area contributed by atoms with E-state index in [-0.39, 0.29) is 23.6 Å². The number of fused-ring (bicyclic) bond motifs is 8. The van der Waals surface area contributed by atoms with Crippen LogP contribution in [0.1, 0.15) is 223 Å². The second-order valence-electron chi connectivity index (χ2n) is 25.1. The Bertz CT molecular complexity index is 2610. The number of carbonyl (C=O) groups excluding carboxylic acids is 4. The van der Waals surface area contributed by atoms with Crippen molar-refractivity contribution in [1.82, 2.24) is 19.6 Å². The number of amides is 4. The third-order valence-corrected chi connectivity index (χ3v) is 17.9. The minimum absolute atomic E-state index is 0.0127. The van der Waals surface area contributed by atoms with E-state index < -0.39 is 0 Å². The molecule has 5 aliphatic rings. The van der Waals surface area contributed by atoms with Gasteiger partial charge in [0.15, 0.2) is 0 Å². The third kappa shape index (κ3) is 18.5. The first-order chi connectivity index (χ1) is 43.1. The standard InChI is InChI=1S/C76H100N4O8/c1-5-9-41-85-73-61-45-57(25-29-69(81)77-33-17-13-18-34-77)46-62(73)54-64-48-59(27-31-71(83)79-37-21-15-22-38-79)50-66(75(64)87-43-11-7-3)56-68-52-60(28-32-72(84)80-39-23-16-24-40-80)51-67(76(68)88-44-12-8-4)55-65-49-58(26-30-70(82)78-35-19-14-20-36-78)47-63(53-61)74(65)86-42-10-6-2/h25-32,45-52H,5-24,33-44,53-56H2,1-4H3/b29-25+,30-26+,31-27+,32-28+. The number of benzene rings is 4. The van der Waals surface area contributed by atoms with Crippen LogP contribution in [0.15, 0.2) is 72.8 Å². The van der Waals surface area contributed by atoms with Gasteiger partial charge in [-0.05, 0) is 242 Å². The first-order valence-electron chi connectivity index (χ1n) is 34.1. The quantitative estimate of drug-likeness (QED) is 0.0443. The van der Waals surface area contributed by atoms with Gasteiger partial charge in [-0.15, -0.1) is 0 Å². The highest BCUT2D eigenvalue weighted by atomic mass is 16.5. The number of nitrogens with zero attached hydrogens (tertiary/aromatic N) is 4. The number of carbonyl (C=O) groups is 4. The van der Waals surface area contributed by atoms with Crippen LogP contribution in [0.5, 0.6) is 23.0 Å². The number of ether oxygens (including phenoxy) is 4. The van der Waals surface area contributed by atoms with Crippen molar-refractivity contribution in [3.05, 3.63) is 140 Å². The van der Waals surface area contributed by atoms with E-state index in [2.05, 4.69) is 76.2 Å². The highest BCUT2D eigenvalue weighted by Crippen LogP contribution is 2.42. The van der Waals surface area contributed by atoms with Crippen LogP contribution in [0.2, 0.25) is 0 Å². The van der Waals surface area contributed by atoms with E-state index in [4.69, 9.17) is 18.9 Å². The van der Waals surface area contributed by atoms with Crippen molar-refractivity contribution in [1.29, 1.82) is 0 Å². The van der Waals surface area contributed by atoms with Gasteiger partial charge in [-0.2, -0.15) is 0 Å². The summed E-state index contributed by atoms with van der Waals surface area (Å²) in [5.41, 5.74) is 11.2. The van der Waals surface area contributed by atoms with Gasteiger partial charge < -0.3 is 38.5 Å². The summed E-state index contributed by atoms with van der Waals surface area (Å²) >= 11 is 0. The average Bonchev–Trinajstić information content (AvgIpc) is 3.06. The maximum absolute atomic E-state index is 14.0. The first kappa shape index (κ1) is 65.4. The molecule has 0 N–H and O–H groups in total. The molecule has 0 saturated carbocycles. The van der Waals surface area contributed by atoms with Gasteiger partial charge in [-0.25, -0.2) is 0 Å². The monoisotopic (exact) mass is 1200 g/mol. The summed E-state index contributed by atoms with van der Waals surface area (Å²) in [7, 11) is 0. The van der Waals surface area contributed by atoms with Crippen molar-refractivity contribution in [2.45, 2.75) is 182 Å². The average molecular weight is 1200 g/mol. The molecule has 88 heavy (non-hydrogen) atoms. The van der Waals surface area contributed by atoms with Gasteiger partial charge in [0.1, 0.15) is 23.0 Å². The van der Waals surface area contributed by atoms with Crippen LogP contribution in [-0.2, 0) is 44.9 Å². The summed E-state index contributed by atoms with van der Waals surface area (Å²) in [4.78, 5) is 63.8. The van der Waals surface area contributed by atoms with Gasteiger partial charge in [0.05, 0.1) is 26.4 Å². The second kappa shape index (κ2) is 34.0. The Balaban J connectivity index is 1.32. The van der Waals surface area contributed by atoms with Crippen LogP contribution in [-0.4, -0.2) is 122 Å². The van der Waals surface area contributed by atoms with Crippen LogP contribution >= 0.6 is 0 Å². The third-order valence-electron chi connectivity index (χ3n) is 17.9. The number of rotatable bonds is 24. The topological polar surface area (TPSA) is 118 Å². The predicted octanol–water partition coefficient (Wildman–Crippen LogP) is 15.2. The molecule has 8 bridgehead atoms. The van der Waals surface area contributed by atoms with Crippen molar-refractivity contribution < 1.29 is 38.1 Å². The van der Waals surface area contributed by atoms with Crippen molar-refractivity contribution in [3.8, 4) is 23.0 Å². The minimum atomic E-state index is 0.0127. The van der Waals surface area contributed by atoms with Gasteiger partial charge >= 0.3 is 0 Å². The molecule has 0 aromatic heterocycles. The molecule has 4 fully saturated rings. The van der Waals surface area contributed by atoms with Gasteiger partial charge in [-0.1, -0.05) is 53.4 Å². The summed E-state index contributed by atoms with van der Waals surface area (Å²) in [6.07, 6.45) is 36.3. The molecule has 472 valence electrons. The fourth-order valence-corrected chi connectivity index (χ4v) is 12.9. The Kier molecular flexibility index (Phi) is 25.3. The Morgan fingerprint density at radius 2 is 0.489 bits per heavy atom. The summed E-state index contributed by atoms with van der Waals surface area (Å²) in [5.74, 6) is 3.21. The summed E-state index contributed by atoms with van der Waals surface area (Å²) < 4.78 is 28.5. The van der Waals surface area contributed by atoms with Gasteiger partial charge in [0, 0.05) is 102 Å². The molecule has 12 nitrogen and oxygen atoms in total. The molecule has 4 aromatic carbocycles. The van der Waals surface area contributed by atoms with Crippen LogP contribution in [0.3, 0.4) is 0 Å². The zero-order chi connectivity index (χ0) is 61.5. The molecule has 4 aliphatic heterocycles. The minimum Gasteiger partial charge on any atom is -0.493 e. The molecular formula is C76H100N4O8. The van der Waals surface area contributed by atoms with E-state index in [1.54, 1.807) is 24.3 Å². The van der Waals surface area contributed by atoms with Crippen molar-refractivity contribution in [3.63, 3.8) is 0 Å². The lowest BCUT2D eigenvalue weighted by molar-refractivity contribution is -0.127. The Morgan fingerprint density at radius 1 is 0.307 bits per heavy atom. The zero-order valence-electron chi connectivity index (χ0n) is 53.7. The van der Waals surface area contributed by atoms with Crippen LogP contribution < -0.4 is 18.9 Å². The molecule has 0 atom stereocenters. The molecule has 0 spiro atoms. The molecule has 4 amide bonds. The Morgan fingerprint density at radius 3 is 0.659 bits per heavy atom. The lowest BCUT2D eigenvalue weighted by Gasteiger charge is -2.26. The largest absolute Gasteiger partial charge is 0.493 e. The zero-order valence-corrected chi connectivity index (χ0v) is 53.7. The number of hydrogen-bond donors (Lipinski definition) is 0. The number of unbranched alkanes of at least 4 members (excludes halogenated alkanes) is 4. The fourth-order valence-electron chi connectivity index (χ4n) is 12.9. The summed E-state index contributed by atoms with van der Waals surface area (Å²) in [6, 6.07) is 17.5. The normalized spacial score (nSPS) is 16.7. The maximum atomic E-state index is 14.0.